The maximum Gasteiger partial charge on any atom is 0.407 e. The van der Waals surface area contributed by atoms with E-state index in [-0.39, 0.29) is 18.7 Å². The largest absolute Gasteiger partial charge is 0.465 e. The summed E-state index contributed by atoms with van der Waals surface area (Å²) < 4.78 is 7.54. The van der Waals surface area contributed by atoms with Crippen LogP contribution in [0.5, 0.6) is 0 Å². The van der Waals surface area contributed by atoms with Gasteiger partial charge in [-0.2, -0.15) is 5.10 Å². The number of carbonyl (C=O) groups is 1. The molecule has 0 spiro atoms. The highest BCUT2D eigenvalue weighted by molar-refractivity contribution is 6.30. The molecule has 0 radical (unpaired) electrons. The van der Waals surface area contributed by atoms with Gasteiger partial charge in [0, 0.05) is 18.3 Å². The highest BCUT2D eigenvalue weighted by Crippen LogP contribution is 2.25. The maximum absolute atomic E-state index is 11.6. The highest BCUT2D eigenvalue weighted by Gasteiger charge is 2.33. The summed E-state index contributed by atoms with van der Waals surface area (Å²) in [5.74, 6) is 0. The molecule has 0 saturated carbocycles. The van der Waals surface area contributed by atoms with Crippen LogP contribution in [0.15, 0.2) is 36.5 Å². The molecule has 2 aromatic rings. The van der Waals surface area contributed by atoms with Crippen molar-refractivity contribution in [3.8, 4) is 0 Å². The Labute approximate surface area is 139 Å². The second-order valence-electron chi connectivity index (χ2n) is 5.66. The van der Waals surface area contributed by atoms with Crippen molar-refractivity contribution in [1.82, 2.24) is 14.7 Å². The molecule has 0 aliphatic carbocycles. The monoisotopic (exact) mass is 335 g/mol. The summed E-state index contributed by atoms with van der Waals surface area (Å²) in [6, 6.07) is 9.07. The van der Waals surface area contributed by atoms with E-state index >= 15 is 0 Å². The van der Waals surface area contributed by atoms with E-state index in [1.807, 2.05) is 43.6 Å². The fraction of sp³-hybridized carbons (Fsp3) is 0.375. The standard InChI is InChI=1S/C16H18ClN3O3/c1-19-7-6-14(18-19)15-9-20(16(21)22)13(10-23-15)8-11-2-4-12(17)5-3-11/h2-7,13,15H,8-10H2,1H3,(H,21,22)/t13-,15+/m0/s1. The third kappa shape index (κ3) is 3.65. The molecule has 23 heavy (non-hydrogen) atoms. The highest BCUT2D eigenvalue weighted by atomic mass is 35.5. The molecule has 1 N–H and O–H groups in total. The molecule has 2 atom stereocenters. The summed E-state index contributed by atoms with van der Waals surface area (Å²) in [5.41, 5.74) is 1.79. The van der Waals surface area contributed by atoms with E-state index in [0.717, 1.165) is 11.3 Å². The van der Waals surface area contributed by atoms with Gasteiger partial charge in [-0.25, -0.2) is 4.79 Å². The molecule has 7 heteroatoms. The molecule has 0 bridgehead atoms. The molecule has 1 aromatic heterocycles. The summed E-state index contributed by atoms with van der Waals surface area (Å²) in [7, 11) is 1.82. The number of amides is 1. The SMILES string of the molecule is Cn1ccc([C@H]2CN(C(=O)O)[C@@H](Cc3ccc(Cl)cc3)CO2)n1. The van der Waals surface area contributed by atoms with Gasteiger partial charge in [0.2, 0.25) is 0 Å². The van der Waals surface area contributed by atoms with Gasteiger partial charge in [-0.15, -0.1) is 0 Å². The van der Waals surface area contributed by atoms with Gasteiger partial charge in [0.05, 0.1) is 24.9 Å². The summed E-state index contributed by atoms with van der Waals surface area (Å²) in [6.45, 7) is 0.626. The smallest absolute Gasteiger partial charge is 0.407 e. The Morgan fingerprint density at radius 2 is 2.13 bits per heavy atom. The Morgan fingerprint density at radius 1 is 1.39 bits per heavy atom. The van der Waals surface area contributed by atoms with Crippen LogP contribution in [-0.2, 0) is 18.2 Å². The zero-order valence-corrected chi connectivity index (χ0v) is 13.5. The molecule has 1 aliphatic rings. The normalized spacial score (nSPS) is 21.4. The minimum Gasteiger partial charge on any atom is -0.465 e. The minimum atomic E-state index is -0.937. The second-order valence-corrected chi connectivity index (χ2v) is 6.09. The minimum absolute atomic E-state index is 0.214. The van der Waals surface area contributed by atoms with Crippen LogP contribution in [0.1, 0.15) is 17.4 Å². The number of hydrogen-bond donors (Lipinski definition) is 1. The van der Waals surface area contributed by atoms with E-state index < -0.39 is 6.09 Å². The van der Waals surface area contributed by atoms with Crippen molar-refractivity contribution in [1.29, 1.82) is 0 Å². The Bertz CT molecular complexity index is 686. The first kappa shape index (κ1) is 15.8. The first-order chi connectivity index (χ1) is 11.0. The lowest BCUT2D eigenvalue weighted by Gasteiger charge is -2.37. The number of rotatable bonds is 3. The quantitative estimate of drug-likeness (QED) is 0.936. The van der Waals surface area contributed by atoms with Crippen LogP contribution < -0.4 is 0 Å². The Morgan fingerprint density at radius 3 is 2.74 bits per heavy atom. The summed E-state index contributed by atoms with van der Waals surface area (Å²) in [5, 5.41) is 14.5. The number of aryl methyl sites for hydroxylation is 1. The average molecular weight is 336 g/mol. The van der Waals surface area contributed by atoms with Crippen LogP contribution in [0.4, 0.5) is 4.79 Å². The predicted molar refractivity (Wildman–Crippen MR) is 85.6 cm³/mol. The molecule has 0 unspecified atom stereocenters. The van der Waals surface area contributed by atoms with Gasteiger partial charge in [-0.05, 0) is 30.2 Å². The van der Waals surface area contributed by atoms with Crippen LogP contribution in [0.2, 0.25) is 5.02 Å². The van der Waals surface area contributed by atoms with Crippen molar-refractivity contribution in [3.05, 3.63) is 52.8 Å². The molecule has 1 amide bonds. The number of hydrogen-bond acceptors (Lipinski definition) is 3. The fourth-order valence-corrected chi connectivity index (χ4v) is 2.90. The molecular weight excluding hydrogens is 318 g/mol. The van der Waals surface area contributed by atoms with Crippen LogP contribution in [0.3, 0.4) is 0 Å². The van der Waals surface area contributed by atoms with Crippen LogP contribution in [0.25, 0.3) is 0 Å². The molecule has 122 valence electrons. The van der Waals surface area contributed by atoms with Crippen molar-refractivity contribution >= 4 is 17.7 Å². The van der Waals surface area contributed by atoms with Gasteiger partial charge in [-0.1, -0.05) is 23.7 Å². The Hall–Kier alpha value is -2.05. The summed E-state index contributed by atoms with van der Waals surface area (Å²) in [6.07, 6.45) is 1.16. The van der Waals surface area contributed by atoms with E-state index in [4.69, 9.17) is 16.3 Å². The zero-order valence-electron chi connectivity index (χ0n) is 12.7. The molecule has 3 rings (SSSR count). The van der Waals surface area contributed by atoms with Crippen molar-refractivity contribution in [2.24, 2.45) is 7.05 Å². The van der Waals surface area contributed by atoms with E-state index in [1.165, 1.54) is 4.90 Å². The number of aromatic nitrogens is 2. The van der Waals surface area contributed by atoms with Crippen molar-refractivity contribution in [3.63, 3.8) is 0 Å². The second kappa shape index (κ2) is 6.60. The van der Waals surface area contributed by atoms with Crippen LogP contribution in [0, 0.1) is 0 Å². The van der Waals surface area contributed by atoms with Crippen molar-refractivity contribution in [2.45, 2.75) is 18.6 Å². The number of carboxylic acid groups (broad SMARTS) is 1. The first-order valence-electron chi connectivity index (χ1n) is 7.38. The Balaban J connectivity index is 1.72. The third-order valence-electron chi connectivity index (χ3n) is 3.99. The lowest BCUT2D eigenvalue weighted by Crippen LogP contribution is -2.50. The summed E-state index contributed by atoms with van der Waals surface area (Å²) >= 11 is 5.88. The predicted octanol–water partition coefficient (Wildman–Crippen LogP) is 2.74. The fourth-order valence-electron chi connectivity index (χ4n) is 2.78. The average Bonchev–Trinajstić information content (AvgIpc) is 2.96. The van der Waals surface area contributed by atoms with Crippen LogP contribution >= 0.6 is 11.6 Å². The summed E-state index contributed by atoms with van der Waals surface area (Å²) in [4.78, 5) is 13.1. The van der Waals surface area contributed by atoms with E-state index in [1.54, 1.807) is 4.68 Å². The van der Waals surface area contributed by atoms with Gasteiger partial charge in [0.25, 0.3) is 0 Å². The van der Waals surface area contributed by atoms with Gasteiger partial charge in [-0.3, -0.25) is 9.58 Å². The molecule has 1 aliphatic heterocycles. The molecule has 1 saturated heterocycles. The molecular formula is C16H18ClN3O3. The van der Waals surface area contributed by atoms with Gasteiger partial charge in [0.1, 0.15) is 6.10 Å². The molecule has 1 aromatic carbocycles. The van der Waals surface area contributed by atoms with Gasteiger partial charge in [0.15, 0.2) is 0 Å². The number of morpholine rings is 1. The first-order valence-corrected chi connectivity index (χ1v) is 7.76. The lowest BCUT2D eigenvalue weighted by molar-refractivity contribution is -0.0571. The number of ether oxygens (including phenoxy) is 1. The van der Waals surface area contributed by atoms with Gasteiger partial charge >= 0.3 is 6.09 Å². The van der Waals surface area contributed by atoms with Crippen LogP contribution in [-0.4, -0.2) is 45.1 Å². The molecule has 2 heterocycles. The lowest BCUT2D eigenvalue weighted by atomic mass is 10.0. The number of nitrogens with zero attached hydrogens (tertiary/aromatic N) is 3. The van der Waals surface area contributed by atoms with Crippen molar-refractivity contribution < 1.29 is 14.6 Å². The van der Waals surface area contributed by atoms with E-state index in [2.05, 4.69) is 5.10 Å². The van der Waals surface area contributed by atoms with Crippen molar-refractivity contribution in [2.75, 3.05) is 13.2 Å². The third-order valence-corrected chi connectivity index (χ3v) is 4.24. The topological polar surface area (TPSA) is 67.6 Å². The van der Waals surface area contributed by atoms with Gasteiger partial charge < -0.3 is 9.84 Å². The molecule has 1 fully saturated rings. The maximum atomic E-state index is 11.6. The molecule has 6 nitrogen and oxygen atoms in total. The zero-order chi connectivity index (χ0) is 16.4. The van der Waals surface area contributed by atoms with E-state index in [0.29, 0.717) is 18.1 Å². The number of halogens is 1. The van der Waals surface area contributed by atoms with E-state index in [9.17, 15) is 9.90 Å². The number of benzene rings is 1. The Kier molecular flexibility index (Phi) is 4.54.